The van der Waals surface area contributed by atoms with Gasteiger partial charge in [-0.2, -0.15) is 0 Å². The van der Waals surface area contributed by atoms with Gasteiger partial charge in [0.2, 0.25) is 0 Å². The van der Waals surface area contributed by atoms with Crippen LogP contribution in [0.2, 0.25) is 5.15 Å². The Hall–Kier alpha value is -0.580. The first-order valence-corrected chi connectivity index (χ1v) is 4.48. The van der Waals surface area contributed by atoms with Gasteiger partial charge in [0.05, 0.1) is 19.3 Å². The number of aliphatic hydroxyl groups is 1. The van der Waals surface area contributed by atoms with Crippen molar-refractivity contribution in [3.63, 3.8) is 0 Å². The van der Waals surface area contributed by atoms with Crippen molar-refractivity contribution in [2.24, 2.45) is 7.05 Å². The summed E-state index contributed by atoms with van der Waals surface area (Å²) in [4.78, 5) is 6.13. The molecule has 0 radical (unpaired) electrons. The molecule has 0 saturated heterocycles. The Kier molecular flexibility index (Phi) is 3.71. The van der Waals surface area contributed by atoms with Crippen molar-refractivity contribution >= 4 is 11.6 Å². The number of hydrogen-bond donors (Lipinski definition) is 1. The highest BCUT2D eigenvalue weighted by molar-refractivity contribution is 6.29. The van der Waals surface area contributed by atoms with Gasteiger partial charge >= 0.3 is 0 Å². The van der Waals surface area contributed by atoms with Crippen molar-refractivity contribution in [1.82, 2.24) is 14.5 Å². The maximum atomic E-state index is 8.69. The summed E-state index contributed by atoms with van der Waals surface area (Å²) < 4.78 is 1.83. The lowest BCUT2D eigenvalue weighted by Crippen LogP contribution is -2.23. The van der Waals surface area contributed by atoms with Crippen molar-refractivity contribution in [2.45, 2.75) is 6.54 Å². The van der Waals surface area contributed by atoms with Gasteiger partial charge in [-0.3, -0.25) is 4.90 Å². The molecule has 13 heavy (non-hydrogen) atoms. The Bertz CT molecular complexity index is 274. The van der Waals surface area contributed by atoms with Crippen molar-refractivity contribution in [3.05, 3.63) is 17.2 Å². The first kappa shape index (κ1) is 10.5. The molecule has 0 fully saturated rings. The minimum atomic E-state index is 0.161. The van der Waals surface area contributed by atoms with Crippen LogP contribution >= 0.6 is 11.6 Å². The van der Waals surface area contributed by atoms with Crippen LogP contribution in [-0.4, -0.2) is 39.8 Å². The second-order valence-corrected chi connectivity index (χ2v) is 3.40. The number of aromatic nitrogens is 2. The third-order valence-corrected chi connectivity index (χ3v) is 2.27. The first-order valence-electron chi connectivity index (χ1n) is 4.10. The SMILES string of the molecule is CN(CCO)Cc1ncc(Cl)n1C. The summed E-state index contributed by atoms with van der Waals surface area (Å²) in [6.45, 7) is 1.50. The number of imidazole rings is 1. The highest BCUT2D eigenvalue weighted by Crippen LogP contribution is 2.09. The van der Waals surface area contributed by atoms with Gasteiger partial charge in [0.1, 0.15) is 11.0 Å². The Morgan fingerprint density at radius 3 is 2.85 bits per heavy atom. The fraction of sp³-hybridized carbons (Fsp3) is 0.625. The Labute approximate surface area is 82.8 Å². The predicted octanol–water partition coefficient (Wildman–Crippen LogP) is 0.498. The molecule has 0 bridgehead atoms. The molecular weight excluding hydrogens is 190 g/mol. The Balaban J connectivity index is 2.58. The summed E-state index contributed by atoms with van der Waals surface area (Å²) >= 11 is 5.82. The topological polar surface area (TPSA) is 41.3 Å². The van der Waals surface area contributed by atoms with E-state index in [1.165, 1.54) is 0 Å². The van der Waals surface area contributed by atoms with E-state index in [1.54, 1.807) is 6.20 Å². The average molecular weight is 204 g/mol. The largest absolute Gasteiger partial charge is 0.395 e. The molecule has 0 amide bonds. The van der Waals surface area contributed by atoms with Gasteiger partial charge in [-0.15, -0.1) is 0 Å². The lowest BCUT2D eigenvalue weighted by Gasteiger charge is -2.14. The van der Waals surface area contributed by atoms with Gasteiger partial charge in [-0.05, 0) is 7.05 Å². The molecule has 0 aliphatic heterocycles. The normalized spacial score (nSPS) is 11.2. The minimum Gasteiger partial charge on any atom is -0.395 e. The van der Waals surface area contributed by atoms with Crippen molar-refractivity contribution in [3.8, 4) is 0 Å². The van der Waals surface area contributed by atoms with Gasteiger partial charge in [-0.25, -0.2) is 4.98 Å². The number of rotatable bonds is 4. The molecular formula is C8H14ClN3O. The van der Waals surface area contributed by atoms with Crippen molar-refractivity contribution in [2.75, 3.05) is 20.2 Å². The zero-order valence-electron chi connectivity index (χ0n) is 7.87. The van der Waals surface area contributed by atoms with E-state index in [0.29, 0.717) is 18.2 Å². The number of hydrogen-bond acceptors (Lipinski definition) is 3. The molecule has 5 heteroatoms. The Morgan fingerprint density at radius 2 is 2.38 bits per heavy atom. The van der Waals surface area contributed by atoms with E-state index < -0.39 is 0 Å². The van der Waals surface area contributed by atoms with Crippen LogP contribution in [0.3, 0.4) is 0 Å². The van der Waals surface area contributed by atoms with Crippen LogP contribution in [-0.2, 0) is 13.6 Å². The molecule has 0 atom stereocenters. The molecule has 0 aliphatic carbocycles. The van der Waals surface area contributed by atoms with E-state index >= 15 is 0 Å². The van der Waals surface area contributed by atoms with Gasteiger partial charge in [0, 0.05) is 13.6 Å². The molecule has 1 aromatic rings. The molecule has 0 unspecified atom stereocenters. The number of nitrogens with zero attached hydrogens (tertiary/aromatic N) is 3. The maximum absolute atomic E-state index is 8.69. The lowest BCUT2D eigenvalue weighted by molar-refractivity contribution is 0.213. The van der Waals surface area contributed by atoms with Gasteiger partial charge in [0.25, 0.3) is 0 Å². The van der Waals surface area contributed by atoms with Crippen molar-refractivity contribution < 1.29 is 5.11 Å². The zero-order valence-corrected chi connectivity index (χ0v) is 8.62. The highest BCUT2D eigenvalue weighted by Gasteiger charge is 2.06. The van der Waals surface area contributed by atoms with E-state index in [2.05, 4.69) is 4.98 Å². The summed E-state index contributed by atoms with van der Waals surface area (Å²) in [5.41, 5.74) is 0. The van der Waals surface area contributed by atoms with E-state index in [0.717, 1.165) is 5.82 Å². The van der Waals surface area contributed by atoms with E-state index in [4.69, 9.17) is 16.7 Å². The second kappa shape index (κ2) is 4.60. The van der Waals surface area contributed by atoms with Crippen LogP contribution in [0.25, 0.3) is 0 Å². The zero-order chi connectivity index (χ0) is 9.84. The molecule has 0 spiro atoms. The number of likely N-dealkylation sites (N-methyl/N-ethyl adjacent to an activating group) is 1. The molecule has 0 saturated carbocycles. The average Bonchev–Trinajstić information content (AvgIpc) is 2.37. The fourth-order valence-corrected chi connectivity index (χ4v) is 1.21. The lowest BCUT2D eigenvalue weighted by atomic mass is 10.5. The molecule has 0 aromatic carbocycles. The third kappa shape index (κ3) is 2.69. The van der Waals surface area contributed by atoms with Crippen LogP contribution in [0.5, 0.6) is 0 Å². The molecule has 74 valence electrons. The summed E-state index contributed by atoms with van der Waals surface area (Å²) in [6, 6.07) is 0. The van der Waals surface area contributed by atoms with Crippen LogP contribution in [0.1, 0.15) is 5.82 Å². The molecule has 1 heterocycles. The first-order chi connectivity index (χ1) is 6.15. The van der Waals surface area contributed by atoms with Crippen LogP contribution in [0, 0.1) is 0 Å². The van der Waals surface area contributed by atoms with Gasteiger partial charge in [0.15, 0.2) is 0 Å². The molecule has 0 aliphatic rings. The fourth-order valence-electron chi connectivity index (χ4n) is 1.06. The molecule has 4 nitrogen and oxygen atoms in total. The summed E-state index contributed by atoms with van der Waals surface area (Å²) in [5.74, 6) is 0.904. The summed E-state index contributed by atoms with van der Waals surface area (Å²) in [7, 11) is 3.80. The quantitative estimate of drug-likeness (QED) is 0.775. The van der Waals surface area contributed by atoms with Gasteiger partial charge in [-0.1, -0.05) is 11.6 Å². The number of halogens is 1. The van der Waals surface area contributed by atoms with Crippen LogP contribution in [0.4, 0.5) is 0 Å². The van der Waals surface area contributed by atoms with Gasteiger partial charge < -0.3 is 9.67 Å². The van der Waals surface area contributed by atoms with Crippen molar-refractivity contribution in [1.29, 1.82) is 0 Å². The minimum absolute atomic E-state index is 0.161. The van der Waals surface area contributed by atoms with Crippen LogP contribution in [0.15, 0.2) is 6.20 Å². The maximum Gasteiger partial charge on any atom is 0.128 e. The summed E-state index contributed by atoms with van der Waals surface area (Å²) in [5, 5.41) is 9.33. The monoisotopic (exact) mass is 203 g/mol. The molecule has 1 aromatic heterocycles. The van der Waals surface area contributed by atoms with E-state index in [1.807, 2.05) is 23.6 Å². The second-order valence-electron chi connectivity index (χ2n) is 3.02. The Morgan fingerprint density at radius 1 is 1.69 bits per heavy atom. The van der Waals surface area contributed by atoms with E-state index in [-0.39, 0.29) is 6.61 Å². The standard InChI is InChI=1S/C8H14ClN3O/c1-11(3-4-13)6-8-10-5-7(9)12(8)2/h5,13H,3-4,6H2,1-2H3. The van der Waals surface area contributed by atoms with Crippen LogP contribution < -0.4 is 0 Å². The third-order valence-electron chi connectivity index (χ3n) is 1.92. The smallest absolute Gasteiger partial charge is 0.128 e. The summed E-state index contributed by atoms with van der Waals surface area (Å²) in [6.07, 6.45) is 1.63. The predicted molar refractivity (Wildman–Crippen MR) is 51.6 cm³/mol. The highest BCUT2D eigenvalue weighted by atomic mass is 35.5. The number of aliphatic hydroxyl groups excluding tert-OH is 1. The molecule has 1 rings (SSSR count). The van der Waals surface area contributed by atoms with E-state index in [9.17, 15) is 0 Å². The molecule has 1 N–H and O–H groups in total.